The zero-order valence-electron chi connectivity index (χ0n) is 17.0. The van der Waals surface area contributed by atoms with Gasteiger partial charge in [0.25, 0.3) is 0 Å². The van der Waals surface area contributed by atoms with Gasteiger partial charge in [-0.3, -0.25) is 9.59 Å². The first-order valence-corrected chi connectivity index (χ1v) is 11.0. The molecule has 0 radical (unpaired) electrons. The fraction of sp³-hybridized carbons (Fsp3) is 0.273. The van der Waals surface area contributed by atoms with Gasteiger partial charge in [0.1, 0.15) is 11.5 Å². The molecule has 0 atom stereocenters. The van der Waals surface area contributed by atoms with Gasteiger partial charge >= 0.3 is 0 Å². The summed E-state index contributed by atoms with van der Waals surface area (Å²) >= 11 is 1.68. The summed E-state index contributed by atoms with van der Waals surface area (Å²) in [5.41, 5.74) is 5.94. The van der Waals surface area contributed by atoms with Crippen molar-refractivity contribution < 1.29 is 19.8 Å². The van der Waals surface area contributed by atoms with Gasteiger partial charge in [0.15, 0.2) is 0 Å². The summed E-state index contributed by atoms with van der Waals surface area (Å²) in [5, 5.41) is 26.9. The monoisotopic (exact) mass is 442 g/mol. The lowest BCUT2D eigenvalue weighted by molar-refractivity contribution is -0.121. The highest BCUT2D eigenvalue weighted by molar-refractivity contribution is 7.99. The molecule has 0 aliphatic carbocycles. The minimum atomic E-state index is -0.186. The summed E-state index contributed by atoms with van der Waals surface area (Å²) in [6, 6.07) is 13.5. The molecule has 4 N–H and O–H groups in total. The van der Waals surface area contributed by atoms with Crippen molar-refractivity contribution in [3.05, 3.63) is 59.7 Å². The standard InChI is InChI=1S/C22H26N4O4S/c27-19-9-3-1-7-17(19)15-23-25-21(29)11-5-13-31-14-6-12-22(30)26-24-16-18-8-2-4-10-20(18)28/h1-4,7-10,15-16,27-28H,5-6,11-14H2,(H,25,29)(H,26,30)/b23-15-,24-16-. The molecule has 8 nitrogen and oxygen atoms in total. The molecule has 2 rings (SSSR count). The number of thioether (sulfide) groups is 1. The number of carbonyl (C=O) groups is 2. The molecule has 0 fully saturated rings. The van der Waals surface area contributed by atoms with E-state index in [0.717, 1.165) is 11.5 Å². The third kappa shape index (κ3) is 9.81. The Bertz CT molecular complexity index is 844. The average Bonchev–Trinajstić information content (AvgIpc) is 2.76. The molecule has 31 heavy (non-hydrogen) atoms. The van der Waals surface area contributed by atoms with Crippen LogP contribution in [0.25, 0.3) is 0 Å². The number of rotatable bonds is 12. The van der Waals surface area contributed by atoms with Crippen LogP contribution in [0.3, 0.4) is 0 Å². The van der Waals surface area contributed by atoms with E-state index < -0.39 is 0 Å². The number of hydrogen-bond donors (Lipinski definition) is 4. The number of hydrogen-bond acceptors (Lipinski definition) is 7. The van der Waals surface area contributed by atoms with Gasteiger partial charge in [0.2, 0.25) is 11.8 Å². The van der Waals surface area contributed by atoms with Crippen LogP contribution in [-0.2, 0) is 9.59 Å². The summed E-state index contributed by atoms with van der Waals surface area (Å²) < 4.78 is 0. The fourth-order valence-corrected chi connectivity index (χ4v) is 3.33. The second kappa shape index (κ2) is 13.8. The van der Waals surface area contributed by atoms with Gasteiger partial charge in [-0.15, -0.1) is 0 Å². The topological polar surface area (TPSA) is 123 Å². The number of carbonyl (C=O) groups excluding carboxylic acids is 2. The van der Waals surface area contributed by atoms with Crippen molar-refractivity contribution >= 4 is 36.0 Å². The van der Waals surface area contributed by atoms with E-state index in [4.69, 9.17) is 0 Å². The van der Waals surface area contributed by atoms with E-state index >= 15 is 0 Å². The Labute approximate surface area is 185 Å². The molecule has 0 saturated carbocycles. The van der Waals surface area contributed by atoms with Crippen LogP contribution in [0.15, 0.2) is 58.7 Å². The molecule has 2 aromatic carbocycles. The van der Waals surface area contributed by atoms with Crippen LogP contribution in [-0.4, -0.2) is 46.0 Å². The first-order chi connectivity index (χ1) is 15.1. The number of para-hydroxylation sites is 2. The van der Waals surface area contributed by atoms with Crippen molar-refractivity contribution in [3.63, 3.8) is 0 Å². The predicted molar refractivity (Wildman–Crippen MR) is 123 cm³/mol. The van der Waals surface area contributed by atoms with Gasteiger partial charge in [0.05, 0.1) is 12.4 Å². The smallest absolute Gasteiger partial charge is 0.240 e. The zero-order chi connectivity index (χ0) is 22.3. The van der Waals surface area contributed by atoms with Crippen molar-refractivity contribution in [2.75, 3.05) is 11.5 Å². The maximum absolute atomic E-state index is 11.7. The van der Waals surface area contributed by atoms with Crippen molar-refractivity contribution in [2.45, 2.75) is 25.7 Å². The molecule has 0 aliphatic heterocycles. The Hall–Kier alpha value is -3.33. The van der Waals surface area contributed by atoms with Crippen LogP contribution in [0.4, 0.5) is 0 Å². The van der Waals surface area contributed by atoms with Crippen molar-refractivity contribution in [2.24, 2.45) is 10.2 Å². The number of nitrogens with one attached hydrogen (secondary N) is 2. The molecular weight excluding hydrogens is 416 g/mol. The molecule has 0 unspecified atom stereocenters. The molecular formula is C22H26N4O4S. The normalized spacial score (nSPS) is 11.1. The van der Waals surface area contributed by atoms with Crippen molar-refractivity contribution in [3.8, 4) is 11.5 Å². The Kier molecular flexibility index (Phi) is 10.7. The maximum Gasteiger partial charge on any atom is 0.240 e. The van der Waals surface area contributed by atoms with Crippen LogP contribution in [0.1, 0.15) is 36.8 Å². The molecule has 0 spiro atoms. The highest BCUT2D eigenvalue weighted by Gasteiger charge is 2.02. The number of amides is 2. The third-order valence-corrected chi connectivity index (χ3v) is 5.20. The van der Waals surface area contributed by atoms with E-state index in [1.54, 1.807) is 60.3 Å². The number of benzene rings is 2. The molecule has 2 amide bonds. The van der Waals surface area contributed by atoms with Crippen molar-refractivity contribution in [1.82, 2.24) is 10.9 Å². The maximum atomic E-state index is 11.7. The van der Waals surface area contributed by atoms with E-state index in [0.29, 0.717) is 36.8 Å². The molecule has 9 heteroatoms. The van der Waals surface area contributed by atoms with Crippen LogP contribution < -0.4 is 10.9 Å². The van der Waals surface area contributed by atoms with Crippen LogP contribution in [0, 0.1) is 0 Å². The fourth-order valence-electron chi connectivity index (χ4n) is 2.42. The Morgan fingerprint density at radius 2 is 1.19 bits per heavy atom. The molecule has 0 saturated heterocycles. The van der Waals surface area contributed by atoms with E-state index in [2.05, 4.69) is 21.1 Å². The van der Waals surface area contributed by atoms with E-state index in [1.807, 2.05) is 0 Å². The molecule has 0 aromatic heterocycles. The third-order valence-electron chi connectivity index (χ3n) is 4.04. The van der Waals surface area contributed by atoms with Gasteiger partial charge in [-0.05, 0) is 48.6 Å². The van der Waals surface area contributed by atoms with E-state index in [9.17, 15) is 19.8 Å². The van der Waals surface area contributed by atoms with Gasteiger partial charge < -0.3 is 10.2 Å². The van der Waals surface area contributed by atoms with Gasteiger partial charge in [-0.25, -0.2) is 10.9 Å². The van der Waals surface area contributed by atoms with Crippen LogP contribution in [0.5, 0.6) is 11.5 Å². The lowest BCUT2D eigenvalue weighted by Gasteiger charge is -2.02. The number of phenols is 2. The summed E-state index contributed by atoms with van der Waals surface area (Å²) in [7, 11) is 0. The Balaban J connectivity index is 1.48. The molecule has 2 aromatic rings. The summed E-state index contributed by atoms with van der Waals surface area (Å²) in [6.07, 6.45) is 4.93. The molecule has 0 bridgehead atoms. The number of phenolic OH excluding ortho intramolecular Hbond substituents is 2. The summed E-state index contributed by atoms with van der Waals surface area (Å²) in [5.74, 6) is 1.46. The second-order valence-electron chi connectivity index (χ2n) is 6.52. The lowest BCUT2D eigenvalue weighted by atomic mass is 10.2. The zero-order valence-corrected chi connectivity index (χ0v) is 17.8. The first-order valence-electron chi connectivity index (χ1n) is 9.84. The van der Waals surface area contributed by atoms with E-state index in [-0.39, 0.29) is 23.3 Å². The number of aromatic hydroxyl groups is 2. The average molecular weight is 443 g/mol. The minimum absolute atomic E-state index is 0.105. The van der Waals surface area contributed by atoms with E-state index in [1.165, 1.54) is 12.4 Å². The molecule has 164 valence electrons. The largest absolute Gasteiger partial charge is 0.507 e. The van der Waals surface area contributed by atoms with Crippen molar-refractivity contribution in [1.29, 1.82) is 0 Å². The highest BCUT2D eigenvalue weighted by Crippen LogP contribution is 2.13. The molecule has 0 aliphatic rings. The number of nitrogens with zero attached hydrogens (tertiary/aromatic N) is 2. The second-order valence-corrected chi connectivity index (χ2v) is 7.75. The van der Waals surface area contributed by atoms with Gasteiger partial charge in [0, 0.05) is 24.0 Å². The molecule has 0 heterocycles. The first kappa shape index (κ1) is 23.9. The minimum Gasteiger partial charge on any atom is -0.507 e. The Morgan fingerprint density at radius 1 is 0.774 bits per heavy atom. The summed E-state index contributed by atoms with van der Waals surface area (Å²) in [4.78, 5) is 23.5. The van der Waals surface area contributed by atoms with Gasteiger partial charge in [-0.1, -0.05) is 24.3 Å². The predicted octanol–water partition coefficient (Wildman–Crippen LogP) is 2.99. The SMILES string of the molecule is O=C(CCCSCCCC(=O)N/N=C\c1ccccc1O)N/N=C\c1ccccc1O. The van der Waals surface area contributed by atoms with Crippen LogP contribution in [0.2, 0.25) is 0 Å². The lowest BCUT2D eigenvalue weighted by Crippen LogP contribution is -2.17. The highest BCUT2D eigenvalue weighted by atomic mass is 32.2. The Morgan fingerprint density at radius 3 is 1.61 bits per heavy atom. The van der Waals surface area contributed by atoms with Gasteiger partial charge in [-0.2, -0.15) is 22.0 Å². The summed E-state index contributed by atoms with van der Waals surface area (Å²) in [6.45, 7) is 0. The quantitative estimate of drug-likeness (QED) is 0.229. The van der Waals surface area contributed by atoms with Crippen LogP contribution >= 0.6 is 11.8 Å². The number of hydrazone groups is 2.